The van der Waals surface area contributed by atoms with E-state index in [1.807, 2.05) is 12.2 Å². The van der Waals surface area contributed by atoms with Crippen molar-refractivity contribution in [2.45, 2.75) is 51.9 Å². The molecule has 0 aliphatic heterocycles. The van der Waals surface area contributed by atoms with Gasteiger partial charge in [-0.3, -0.25) is 9.59 Å². The first kappa shape index (κ1) is 17.2. The monoisotopic (exact) mass is 312 g/mol. The normalized spacial score (nSPS) is 14.7. The van der Waals surface area contributed by atoms with E-state index in [4.69, 9.17) is 0 Å². The SMILES string of the molecule is CCCCCCC/C=C/CC1=C(O)c2ccccc2C(=O)C1=O. The van der Waals surface area contributed by atoms with Crippen LogP contribution >= 0.6 is 0 Å². The quantitative estimate of drug-likeness (QED) is 0.416. The number of carbonyl (C=O) groups is 2. The van der Waals surface area contributed by atoms with Gasteiger partial charge < -0.3 is 5.11 Å². The first-order valence-electron chi connectivity index (χ1n) is 8.42. The van der Waals surface area contributed by atoms with Crippen molar-refractivity contribution in [3.63, 3.8) is 0 Å². The number of hydrogen-bond donors (Lipinski definition) is 1. The predicted octanol–water partition coefficient (Wildman–Crippen LogP) is 5.03. The zero-order chi connectivity index (χ0) is 16.7. The molecule has 0 saturated carbocycles. The zero-order valence-corrected chi connectivity index (χ0v) is 13.7. The molecule has 0 amide bonds. The minimum atomic E-state index is -0.589. The van der Waals surface area contributed by atoms with Gasteiger partial charge in [0.2, 0.25) is 11.6 Å². The summed E-state index contributed by atoms with van der Waals surface area (Å²) in [5, 5.41) is 10.3. The lowest BCUT2D eigenvalue weighted by molar-refractivity contribution is -0.112. The van der Waals surface area contributed by atoms with Crippen LogP contribution in [0.4, 0.5) is 0 Å². The first-order valence-corrected chi connectivity index (χ1v) is 8.42. The van der Waals surface area contributed by atoms with Gasteiger partial charge in [0.25, 0.3) is 0 Å². The lowest BCUT2D eigenvalue weighted by Crippen LogP contribution is -2.23. The fourth-order valence-corrected chi connectivity index (χ4v) is 2.79. The van der Waals surface area contributed by atoms with Crippen molar-refractivity contribution in [3.05, 3.63) is 53.1 Å². The lowest BCUT2D eigenvalue weighted by Gasteiger charge is -2.16. The van der Waals surface area contributed by atoms with Crippen molar-refractivity contribution in [1.29, 1.82) is 0 Å². The van der Waals surface area contributed by atoms with Crippen LogP contribution in [0.1, 0.15) is 67.8 Å². The second kappa shape index (κ2) is 8.47. The van der Waals surface area contributed by atoms with E-state index in [2.05, 4.69) is 6.92 Å². The zero-order valence-electron chi connectivity index (χ0n) is 13.7. The molecule has 0 unspecified atom stereocenters. The Kier molecular flexibility index (Phi) is 6.33. The van der Waals surface area contributed by atoms with E-state index in [0.29, 0.717) is 17.5 Å². The van der Waals surface area contributed by atoms with Gasteiger partial charge in [0, 0.05) is 16.7 Å². The van der Waals surface area contributed by atoms with Crippen LogP contribution in [-0.4, -0.2) is 16.7 Å². The molecule has 0 aromatic heterocycles. The minimum absolute atomic E-state index is 0.0576. The van der Waals surface area contributed by atoms with E-state index in [1.165, 1.54) is 25.7 Å². The van der Waals surface area contributed by atoms with Crippen molar-refractivity contribution in [2.75, 3.05) is 0 Å². The maximum absolute atomic E-state index is 12.1. The molecular weight excluding hydrogens is 288 g/mol. The molecule has 0 saturated heterocycles. The van der Waals surface area contributed by atoms with E-state index in [1.54, 1.807) is 24.3 Å². The van der Waals surface area contributed by atoms with Crippen molar-refractivity contribution in [1.82, 2.24) is 0 Å². The number of carbonyl (C=O) groups excluding carboxylic acids is 2. The van der Waals surface area contributed by atoms with Crippen LogP contribution in [0.25, 0.3) is 5.76 Å². The van der Waals surface area contributed by atoms with E-state index >= 15 is 0 Å². The summed E-state index contributed by atoms with van der Waals surface area (Å²) >= 11 is 0. The van der Waals surface area contributed by atoms with Crippen LogP contribution in [0, 0.1) is 0 Å². The van der Waals surface area contributed by atoms with Gasteiger partial charge in [-0.1, -0.05) is 69.0 Å². The summed E-state index contributed by atoms with van der Waals surface area (Å²) in [6.07, 6.45) is 11.3. The number of fused-ring (bicyclic) bond motifs is 1. The Labute approximate surface area is 137 Å². The van der Waals surface area contributed by atoms with Gasteiger partial charge in [-0.2, -0.15) is 0 Å². The van der Waals surface area contributed by atoms with Crippen LogP contribution < -0.4 is 0 Å². The molecule has 1 aliphatic rings. The number of aliphatic hydroxyl groups is 1. The lowest BCUT2D eigenvalue weighted by atomic mass is 9.87. The second-order valence-corrected chi connectivity index (χ2v) is 5.91. The van der Waals surface area contributed by atoms with Crippen molar-refractivity contribution >= 4 is 17.3 Å². The summed E-state index contributed by atoms with van der Waals surface area (Å²) in [6.45, 7) is 2.20. The van der Waals surface area contributed by atoms with Gasteiger partial charge in [0.05, 0.1) is 0 Å². The third-order valence-electron chi connectivity index (χ3n) is 4.16. The molecule has 3 heteroatoms. The van der Waals surface area contributed by atoms with Crippen LogP contribution in [0.2, 0.25) is 0 Å². The van der Waals surface area contributed by atoms with Crippen LogP contribution in [0.5, 0.6) is 0 Å². The molecule has 1 aromatic carbocycles. The number of hydrogen-bond acceptors (Lipinski definition) is 3. The molecule has 3 nitrogen and oxygen atoms in total. The van der Waals surface area contributed by atoms with Crippen molar-refractivity contribution in [3.8, 4) is 0 Å². The summed E-state index contributed by atoms with van der Waals surface area (Å²) in [5.74, 6) is -1.17. The summed E-state index contributed by atoms with van der Waals surface area (Å²) in [5.41, 5.74) is 0.953. The Hall–Kier alpha value is -2.16. The Morgan fingerprint density at radius 2 is 1.61 bits per heavy atom. The number of unbranched alkanes of at least 4 members (excludes halogenated alkanes) is 5. The van der Waals surface area contributed by atoms with Crippen LogP contribution in [0.3, 0.4) is 0 Å². The van der Waals surface area contributed by atoms with Gasteiger partial charge in [0.1, 0.15) is 5.76 Å². The summed E-state index contributed by atoms with van der Waals surface area (Å²) < 4.78 is 0. The molecule has 0 heterocycles. The third-order valence-corrected chi connectivity index (χ3v) is 4.16. The average Bonchev–Trinajstić information content (AvgIpc) is 2.58. The highest BCUT2D eigenvalue weighted by Gasteiger charge is 2.31. The third kappa shape index (κ3) is 4.19. The number of rotatable bonds is 8. The second-order valence-electron chi connectivity index (χ2n) is 5.91. The Balaban J connectivity index is 1.97. The Morgan fingerprint density at radius 3 is 2.35 bits per heavy atom. The number of benzene rings is 1. The standard InChI is InChI=1S/C20H24O3/c1-2-3-4-5-6-7-8-9-14-17-18(21)15-12-10-11-13-16(15)19(22)20(17)23/h8-13,21H,2-7,14H2,1H3/b9-8+. The topological polar surface area (TPSA) is 54.4 Å². The molecule has 122 valence electrons. The molecule has 23 heavy (non-hydrogen) atoms. The number of aliphatic hydroxyl groups excluding tert-OH is 1. The fourth-order valence-electron chi connectivity index (χ4n) is 2.79. The molecule has 0 bridgehead atoms. The molecule has 0 radical (unpaired) electrons. The van der Waals surface area contributed by atoms with Gasteiger partial charge in [0.15, 0.2) is 0 Å². The average molecular weight is 312 g/mol. The highest BCUT2D eigenvalue weighted by atomic mass is 16.3. The number of Topliss-reactive ketones (excluding diaryl/α,β-unsaturated/α-hetero) is 2. The van der Waals surface area contributed by atoms with Crippen LogP contribution in [-0.2, 0) is 4.79 Å². The summed E-state index contributed by atoms with van der Waals surface area (Å²) in [4.78, 5) is 24.2. The van der Waals surface area contributed by atoms with Crippen molar-refractivity contribution < 1.29 is 14.7 Å². The Bertz CT molecular complexity index is 638. The van der Waals surface area contributed by atoms with Gasteiger partial charge in [-0.05, 0) is 19.3 Å². The molecular formula is C20H24O3. The minimum Gasteiger partial charge on any atom is -0.507 e. The van der Waals surface area contributed by atoms with Crippen molar-refractivity contribution in [2.24, 2.45) is 0 Å². The molecule has 1 aromatic rings. The van der Waals surface area contributed by atoms with Crippen LogP contribution in [0.15, 0.2) is 42.0 Å². The summed E-state index contributed by atoms with van der Waals surface area (Å²) in [6, 6.07) is 6.70. The number of ketones is 2. The maximum atomic E-state index is 12.1. The highest BCUT2D eigenvalue weighted by Crippen LogP contribution is 2.29. The maximum Gasteiger partial charge on any atom is 0.234 e. The first-order chi connectivity index (χ1) is 11.2. The van der Waals surface area contributed by atoms with Gasteiger partial charge in [-0.15, -0.1) is 0 Å². The Morgan fingerprint density at radius 1 is 0.913 bits per heavy atom. The molecule has 1 N–H and O–H groups in total. The molecule has 0 atom stereocenters. The highest BCUT2D eigenvalue weighted by molar-refractivity contribution is 6.52. The predicted molar refractivity (Wildman–Crippen MR) is 92.5 cm³/mol. The smallest absolute Gasteiger partial charge is 0.234 e. The fraction of sp³-hybridized carbons (Fsp3) is 0.400. The van der Waals surface area contributed by atoms with E-state index in [0.717, 1.165) is 12.8 Å². The van der Waals surface area contributed by atoms with E-state index < -0.39 is 11.6 Å². The molecule has 2 rings (SSSR count). The summed E-state index contributed by atoms with van der Waals surface area (Å²) in [7, 11) is 0. The molecule has 0 fully saturated rings. The van der Waals surface area contributed by atoms with Gasteiger partial charge >= 0.3 is 0 Å². The van der Waals surface area contributed by atoms with Gasteiger partial charge in [-0.25, -0.2) is 0 Å². The molecule has 1 aliphatic carbocycles. The largest absolute Gasteiger partial charge is 0.507 e. The van der Waals surface area contributed by atoms with E-state index in [-0.39, 0.29) is 11.3 Å². The van der Waals surface area contributed by atoms with E-state index in [9.17, 15) is 14.7 Å². The number of allylic oxidation sites excluding steroid dienone is 3. The molecule has 0 spiro atoms.